The van der Waals surface area contributed by atoms with Crippen LogP contribution in [0.5, 0.6) is 0 Å². The highest BCUT2D eigenvalue weighted by Crippen LogP contribution is 2.33. The van der Waals surface area contributed by atoms with Crippen LogP contribution in [0.15, 0.2) is 32.5 Å². The number of carbonyl (C=O) groups is 1. The van der Waals surface area contributed by atoms with Crippen molar-refractivity contribution in [3.05, 3.63) is 48.5 Å². The number of carbonyl (C=O) groups excluding carboxylic acids is 1. The van der Waals surface area contributed by atoms with Crippen molar-refractivity contribution in [2.75, 3.05) is 5.32 Å². The first-order valence-electron chi connectivity index (χ1n) is 5.31. The second kappa shape index (κ2) is 5.55. The molecule has 0 spiro atoms. The van der Waals surface area contributed by atoms with Crippen molar-refractivity contribution >= 4 is 54.8 Å². The average Bonchev–Trinajstić information content (AvgIpc) is 2.64. The summed E-state index contributed by atoms with van der Waals surface area (Å²) in [5.41, 5.74) is 3.03. The Labute approximate surface area is 127 Å². The highest BCUT2D eigenvalue weighted by Gasteiger charge is 2.13. The Bertz CT molecular complexity index is 567. The van der Waals surface area contributed by atoms with Gasteiger partial charge < -0.3 is 5.32 Å². The first-order chi connectivity index (χ1) is 8.49. The Morgan fingerprint density at radius 3 is 2.33 bits per heavy atom. The van der Waals surface area contributed by atoms with E-state index in [4.69, 9.17) is 0 Å². The number of anilines is 1. The van der Waals surface area contributed by atoms with Crippen LogP contribution in [-0.4, -0.2) is 5.91 Å². The van der Waals surface area contributed by atoms with Crippen LogP contribution in [0.3, 0.4) is 0 Å². The number of nitrogens with one attached hydrogen (secondary N) is 1. The maximum atomic E-state index is 12.1. The van der Waals surface area contributed by atoms with Gasteiger partial charge in [-0.1, -0.05) is 18.2 Å². The van der Waals surface area contributed by atoms with Crippen molar-refractivity contribution < 1.29 is 4.79 Å². The molecule has 1 aromatic heterocycles. The number of aryl methyl sites for hydroxylation is 2. The van der Waals surface area contributed by atoms with Gasteiger partial charge in [-0.25, -0.2) is 0 Å². The number of hydrogen-bond acceptors (Lipinski definition) is 2. The molecule has 1 aromatic carbocycles. The van der Waals surface area contributed by atoms with Gasteiger partial charge in [-0.15, -0.1) is 11.3 Å². The molecule has 2 nitrogen and oxygen atoms in total. The van der Waals surface area contributed by atoms with Gasteiger partial charge in [0.1, 0.15) is 0 Å². The van der Waals surface area contributed by atoms with Crippen molar-refractivity contribution in [2.24, 2.45) is 0 Å². The Hall–Kier alpha value is -0.650. The maximum absolute atomic E-state index is 12.1. The van der Waals surface area contributed by atoms with Gasteiger partial charge in [-0.05, 0) is 62.9 Å². The summed E-state index contributed by atoms with van der Waals surface area (Å²) in [4.78, 5) is 12.8. The molecule has 2 rings (SSSR count). The Balaban J connectivity index is 2.27. The topological polar surface area (TPSA) is 29.1 Å². The van der Waals surface area contributed by atoms with E-state index in [9.17, 15) is 4.79 Å². The molecule has 1 heterocycles. The highest BCUT2D eigenvalue weighted by molar-refractivity contribution is 9.13. The van der Waals surface area contributed by atoms with E-state index >= 15 is 0 Å². The van der Waals surface area contributed by atoms with Gasteiger partial charge in [0.15, 0.2) is 0 Å². The highest BCUT2D eigenvalue weighted by atomic mass is 79.9. The molecule has 0 bridgehead atoms. The first kappa shape index (κ1) is 13.8. The summed E-state index contributed by atoms with van der Waals surface area (Å²) in [6.07, 6.45) is 0. The van der Waals surface area contributed by atoms with Crippen LogP contribution in [0.25, 0.3) is 0 Å². The lowest BCUT2D eigenvalue weighted by Crippen LogP contribution is -2.12. The number of amides is 1. The van der Waals surface area contributed by atoms with Crippen LogP contribution >= 0.6 is 43.2 Å². The van der Waals surface area contributed by atoms with Crippen molar-refractivity contribution in [1.29, 1.82) is 0 Å². The number of thiophene rings is 1. The zero-order valence-corrected chi connectivity index (χ0v) is 13.9. The standard InChI is InChI=1S/C13H11Br2NOS/c1-7-4-3-5-8(2)11(7)16-13(17)10-6-9(14)12(15)18-10/h3-6H,1-2H3,(H,16,17). The van der Waals surface area contributed by atoms with Gasteiger partial charge >= 0.3 is 0 Å². The third-order valence-corrected chi connectivity index (χ3v) is 5.84. The molecular weight excluding hydrogens is 378 g/mol. The fourth-order valence-corrected chi connectivity index (χ4v) is 3.58. The van der Waals surface area contributed by atoms with E-state index in [2.05, 4.69) is 37.2 Å². The maximum Gasteiger partial charge on any atom is 0.265 e. The van der Waals surface area contributed by atoms with Gasteiger partial charge in [-0.3, -0.25) is 4.79 Å². The Kier molecular flexibility index (Phi) is 4.25. The molecule has 1 amide bonds. The van der Waals surface area contributed by atoms with E-state index in [1.165, 1.54) is 11.3 Å². The Morgan fingerprint density at radius 2 is 1.83 bits per heavy atom. The van der Waals surface area contributed by atoms with E-state index in [1.54, 1.807) is 0 Å². The van der Waals surface area contributed by atoms with Crippen LogP contribution < -0.4 is 5.32 Å². The first-order valence-corrected chi connectivity index (χ1v) is 7.71. The Morgan fingerprint density at radius 1 is 1.22 bits per heavy atom. The third kappa shape index (κ3) is 2.84. The lowest BCUT2D eigenvalue weighted by atomic mass is 10.1. The fraction of sp³-hybridized carbons (Fsp3) is 0.154. The quantitative estimate of drug-likeness (QED) is 0.757. The number of hydrogen-bond donors (Lipinski definition) is 1. The predicted molar refractivity (Wildman–Crippen MR) is 83.6 cm³/mol. The van der Waals surface area contributed by atoms with Crippen LogP contribution in [0.2, 0.25) is 0 Å². The molecule has 94 valence electrons. The number of rotatable bonds is 2. The zero-order chi connectivity index (χ0) is 13.3. The second-order valence-corrected chi connectivity index (χ2v) is 7.18. The third-order valence-electron chi connectivity index (χ3n) is 2.59. The molecule has 0 saturated heterocycles. The van der Waals surface area contributed by atoms with Crippen LogP contribution in [-0.2, 0) is 0 Å². The zero-order valence-electron chi connectivity index (χ0n) is 9.88. The lowest BCUT2D eigenvalue weighted by Gasteiger charge is -2.10. The van der Waals surface area contributed by atoms with Crippen LogP contribution in [0.4, 0.5) is 5.69 Å². The van der Waals surface area contributed by atoms with Crippen molar-refractivity contribution in [3.63, 3.8) is 0 Å². The molecule has 0 aliphatic carbocycles. The van der Waals surface area contributed by atoms with Crippen LogP contribution in [0.1, 0.15) is 20.8 Å². The van der Waals surface area contributed by atoms with Gasteiger partial charge in [0.25, 0.3) is 5.91 Å². The summed E-state index contributed by atoms with van der Waals surface area (Å²) < 4.78 is 1.83. The molecule has 0 radical (unpaired) electrons. The molecule has 0 aliphatic rings. The number of para-hydroxylation sites is 1. The molecular formula is C13H11Br2NOS. The second-order valence-electron chi connectivity index (χ2n) is 3.95. The summed E-state index contributed by atoms with van der Waals surface area (Å²) in [6, 6.07) is 7.78. The van der Waals surface area contributed by atoms with E-state index in [1.807, 2.05) is 38.1 Å². The minimum Gasteiger partial charge on any atom is -0.321 e. The fourth-order valence-electron chi connectivity index (χ4n) is 1.65. The van der Waals surface area contributed by atoms with Gasteiger partial charge in [0.05, 0.1) is 8.66 Å². The summed E-state index contributed by atoms with van der Waals surface area (Å²) in [6.45, 7) is 3.98. The molecule has 0 saturated carbocycles. The van der Waals surface area contributed by atoms with E-state index in [0.29, 0.717) is 4.88 Å². The summed E-state index contributed by atoms with van der Waals surface area (Å²) in [5.74, 6) is -0.0798. The molecule has 2 aromatic rings. The van der Waals surface area contributed by atoms with Crippen LogP contribution in [0, 0.1) is 13.8 Å². The number of benzene rings is 1. The molecule has 5 heteroatoms. The molecule has 0 unspecified atom stereocenters. The van der Waals surface area contributed by atoms with Gasteiger partial charge in [0.2, 0.25) is 0 Å². The largest absolute Gasteiger partial charge is 0.321 e. The lowest BCUT2D eigenvalue weighted by molar-refractivity contribution is 0.103. The van der Waals surface area contributed by atoms with E-state index < -0.39 is 0 Å². The molecule has 0 aliphatic heterocycles. The minimum atomic E-state index is -0.0798. The normalized spacial score (nSPS) is 10.4. The van der Waals surface area contributed by atoms with Crippen molar-refractivity contribution in [3.8, 4) is 0 Å². The summed E-state index contributed by atoms with van der Waals surface area (Å²) in [5, 5.41) is 2.97. The smallest absolute Gasteiger partial charge is 0.265 e. The SMILES string of the molecule is Cc1cccc(C)c1NC(=O)c1cc(Br)c(Br)s1. The van der Waals surface area contributed by atoms with Gasteiger partial charge in [-0.2, -0.15) is 0 Å². The predicted octanol–water partition coefficient (Wildman–Crippen LogP) is 5.14. The molecule has 0 atom stereocenters. The molecule has 18 heavy (non-hydrogen) atoms. The van der Waals surface area contributed by atoms with Gasteiger partial charge in [0, 0.05) is 10.2 Å². The summed E-state index contributed by atoms with van der Waals surface area (Å²) in [7, 11) is 0. The van der Waals surface area contributed by atoms with Crippen molar-refractivity contribution in [2.45, 2.75) is 13.8 Å². The summed E-state index contributed by atoms with van der Waals surface area (Å²) >= 11 is 8.18. The monoisotopic (exact) mass is 387 g/mol. The van der Waals surface area contributed by atoms with E-state index in [0.717, 1.165) is 25.1 Å². The molecule has 0 fully saturated rings. The van der Waals surface area contributed by atoms with Crippen molar-refractivity contribution in [1.82, 2.24) is 0 Å². The number of halogens is 2. The minimum absolute atomic E-state index is 0.0798. The van der Waals surface area contributed by atoms with E-state index in [-0.39, 0.29) is 5.91 Å². The molecule has 1 N–H and O–H groups in total. The average molecular weight is 389 g/mol.